The van der Waals surface area contributed by atoms with Crippen LogP contribution >= 0.6 is 0 Å². The first kappa shape index (κ1) is 15.7. The minimum absolute atomic E-state index is 0.495. The van der Waals surface area contributed by atoms with Gasteiger partial charge < -0.3 is 14.2 Å². The van der Waals surface area contributed by atoms with Crippen LogP contribution in [0.5, 0.6) is 5.75 Å². The van der Waals surface area contributed by atoms with Crippen LogP contribution in [0.25, 0.3) is 0 Å². The molecular weight excluding hydrogens is 244 g/mol. The van der Waals surface area contributed by atoms with E-state index in [1.165, 1.54) is 0 Å². The summed E-state index contributed by atoms with van der Waals surface area (Å²) < 4.78 is 16.2. The third-order valence-electron chi connectivity index (χ3n) is 2.53. The van der Waals surface area contributed by atoms with Gasteiger partial charge in [0.1, 0.15) is 18.6 Å². The van der Waals surface area contributed by atoms with E-state index in [0.717, 1.165) is 31.5 Å². The fourth-order valence-electron chi connectivity index (χ4n) is 1.43. The molecule has 0 heterocycles. The molecule has 19 heavy (non-hydrogen) atoms. The average Bonchev–Trinajstić information content (AvgIpc) is 2.46. The molecule has 0 N–H and O–H groups in total. The monoisotopic (exact) mass is 266 g/mol. The summed E-state index contributed by atoms with van der Waals surface area (Å²) in [6.45, 7) is 5.20. The number of rotatable bonds is 11. The Morgan fingerprint density at radius 1 is 0.947 bits per heavy atom. The molecule has 0 amide bonds. The Kier molecular flexibility index (Phi) is 8.68. The second-order valence-electron chi connectivity index (χ2n) is 4.11. The van der Waals surface area contributed by atoms with Gasteiger partial charge in [0.25, 0.3) is 0 Å². The van der Waals surface area contributed by atoms with Gasteiger partial charge in [-0.05, 0) is 30.7 Å². The molecule has 0 aliphatic carbocycles. The molecule has 0 spiro atoms. The second-order valence-corrected chi connectivity index (χ2v) is 4.11. The highest BCUT2D eigenvalue weighted by molar-refractivity contribution is 5.74. The Labute approximate surface area is 114 Å². The van der Waals surface area contributed by atoms with Crippen LogP contribution in [-0.4, -0.2) is 39.3 Å². The zero-order valence-electron chi connectivity index (χ0n) is 11.5. The molecule has 0 fully saturated rings. The molecule has 0 saturated carbocycles. The number of unbranched alkanes of at least 4 members (excludes halogenated alkanes) is 1. The first-order valence-corrected chi connectivity index (χ1v) is 6.70. The zero-order chi connectivity index (χ0) is 13.8. The summed E-state index contributed by atoms with van der Waals surface area (Å²) in [7, 11) is 0. The van der Waals surface area contributed by atoms with Gasteiger partial charge in [-0.2, -0.15) is 0 Å². The van der Waals surface area contributed by atoms with E-state index in [-0.39, 0.29) is 0 Å². The molecule has 0 radical (unpaired) electrons. The largest absolute Gasteiger partial charge is 0.491 e. The van der Waals surface area contributed by atoms with Crippen LogP contribution < -0.4 is 4.74 Å². The van der Waals surface area contributed by atoms with Crippen molar-refractivity contribution in [3.8, 4) is 5.75 Å². The first-order valence-electron chi connectivity index (χ1n) is 6.70. The van der Waals surface area contributed by atoms with E-state index < -0.39 is 0 Å². The van der Waals surface area contributed by atoms with Gasteiger partial charge in [-0.3, -0.25) is 4.79 Å². The molecule has 1 rings (SSSR count). The lowest BCUT2D eigenvalue weighted by Crippen LogP contribution is -2.11. The van der Waals surface area contributed by atoms with Crippen LogP contribution in [0.1, 0.15) is 30.1 Å². The fourth-order valence-corrected chi connectivity index (χ4v) is 1.43. The Bertz CT molecular complexity index is 335. The van der Waals surface area contributed by atoms with Crippen molar-refractivity contribution < 1.29 is 19.0 Å². The smallest absolute Gasteiger partial charge is 0.150 e. The fraction of sp³-hybridized carbons (Fsp3) is 0.533. The number of aldehydes is 1. The summed E-state index contributed by atoms with van der Waals surface area (Å²) in [5, 5.41) is 0. The Balaban J connectivity index is 1.96. The predicted molar refractivity (Wildman–Crippen MR) is 73.9 cm³/mol. The lowest BCUT2D eigenvalue weighted by Gasteiger charge is -2.07. The molecule has 4 nitrogen and oxygen atoms in total. The van der Waals surface area contributed by atoms with Crippen LogP contribution in [0, 0.1) is 0 Å². The van der Waals surface area contributed by atoms with Gasteiger partial charge in [0.2, 0.25) is 0 Å². The molecule has 1 aromatic carbocycles. The highest BCUT2D eigenvalue weighted by atomic mass is 16.5. The van der Waals surface area contributed by atoms with Crippen molar-refractivity contribution in [3.05, 3.63) is 29.8 Å². The van der Waals surface area contributed by atoms with Gasteiger partial charge >= 0.3 is 0 Å². The van der Waals surface area contributed by atoms with E-state index >= 15 is 0 Å². The average molecular weight is 266 g/mol. The van der Waals surface area contributed by atoms with Gasteiger partial charge in [0.05, 0.1) is 19.8 Å². The number of benzene rings is 1. The molecular formula is C15H22O4. The van der Waals surface area contributed by atoms with Crippen LogP contribution in [0.2, 0.25) is 0 Å². The van der Waals surface area contributed by atoms with Crippen molar-refractivity contribution in [1.82, 2.24) is 0 Å². The van der Waals surface area contributed by atoms with Gasteiger partial charge in [-0.15, -0.1) is 0 Å². The van der Waals surface area contributed by atoms with Crippen molar-refractivity contribution >= 4 is 6.29 Å². The predicted octanol–water partition coefficient (Wildman–Crippen LogP) is 2.71. The third-order valence-corrected chi connectivity index (χ3v) is 2.53. The maximum Gasteiger partial charge on any atom is 0.150 e. The minimum atomic E-state index is 0.495. The topological polar surface area (TPSA) is 44.8 Å². The van der Waals surface area contributed by atoms with E-state index in [0.29, 0.717) is 32.0 Å². The van der Waals surface area contributed by atoms with E-state index in [4.69, 9.17) is 14.2 Å². The third kappa shape index (κ3) is 7.59. The van der Waals surface area contributed by atoms with E-state index in [1.54, 1.807) is 24.3 Å². The summed E-state index contributed by atoms with van der Waals surface area (Å²) in [6.07, 6.45) is 3.06. The zero-order valence-corrected chi connectivity index (χ0v) is 11.5. The van der Waals surface area contributed by atoms with Crippen molar-refractivity contribution in [2.45, 2.75) is 19.8 Å². The van der Waals surface area contributed by atoms with Crippen LogP contribution in [0.3, 0.4) is 0 Å². The molecule has 0 aromatic heterocycles. The maximum absolute atomic E-state index is 10.5. The molecule has 0 atom stereocenters. The standard InChI is InChI=1S/C15H22O4/c1-2-3-8-17-9-10-18-11-12-19-15-6-4-14(13-16)5-7-15/h4-7,13H,2-3,8-12H2,1H3. The van der Waals surface area contributed by atoms with Gasteiger partial charge in [-0.1, -0.05) is 13.3 Å². The quantitative estimate of drug-likeness (QED) is 0.456. The highest BCUT2D eigenvalue weighted by Crippen LogP contribution is 2.10. The Morgan fingerprint density at radius 2 is 1.58 bits per heavy atom. The highest BCUT2D eigenvalue weighted by Gasteiger charge is 1.95. The van der Waals surface area contributed by atoms with Gasteiger partial charge in [0.15, 0.2) is 0 Å². The van der Waals surface area contributed by atoms with Crippen molar-refractivity contribution in [2.24, 2.45) is 0 Å². The summed E-state index contributed by atoms with van der Waals surface area (Å²) >= 11 is 0. The molecule has 0 unspecified atom stereocenters. The Hall–Kier alpha value is -1.39. The molecule has 1 aromatic rings. The van der Waals surface area contributed by atoms with Crippen molar-refractivity contribution in [3.63, 3.8) is 0 Å². The normalized spacial score (nSPS) is 10.4. The maximum atomic E-state index is 10.5. The molecule has 0 saturated heterocycles. The Morgan fingerprint density at radius 3 is 2.21 bits per heavy atom. The number of carbonyl (C=O) groups is 1. The lowest BCUT2D eigenvalue weighted by atomic mass is 10.2. The second kappa shape index (κ2) is 10.5. The van der Waals surface area contributed by atoms with E-state index in [2.05, 4.69) is 6.92 Å². The summed E-state index contributed by atoms with van der Waals surface area (Å²) in [6, 6.07) is 7.00. The summed E-state index contributed by atoms with van der Waals surface area (Å²) in [4.78, 5) is 10.5. The van der Waals surface area contributed by atoms with E-state index in [9.17, 15) is 4.79 Å². The van der Waals surface area contributed by atoms with Crippen LogP contribution in [0.4, 0.5) is 0 Å². The summed E-state index contributed by atoms with van der Waals surface area (Å²) in [5.74, 6) is 0.744. The molecule has 106 valence electrons. The van der Waals surface area contributed by atoms with Gasteiger partial charge in [-0.25, -0.2) is 0 Å². The SMILES string of the molecule is CCCCOCCOCCOc1ccc(C=O)cc1. The van der Waals surface area contributed by atoms with Gasteiger partial charge in [0, 0.05) is 12.2 Å². The molecule has 0 aliphatic rings. The number of ether oxygens (including phenoxy) is 3. The van der Waals surface area contributed by atoms with Crippen LogP contribution in [-0.2, 0) is 9.47 Å². The number of carbonyl (C=O) groups excluding carboxylic acids is 1. The summed E-state index contributed by atoms with van der Waals surface area (Å²) in [5.41, 5.74) is 0.646. The van der Waals surface area contributed by atoms with Crippen LogP contribution in [0.15, 0.2) is 24.3 Å². The van der Waals surface area contributed by atoms with Crippen molar-refractivity contribution in [1.29, 1.82) is 0 Å². The molecule has 0 aliphatic heterocycles. The number of hydrogen-bond acceptors (Lipinski definition) is 4. The molecule has 4 heteroatoms. The molecule has 0 bridgehead atoms. The lowest BCUT2D eigenvalue weighted by molar-refractivity contribution is 0.0356. The first-order chi connectivity index (χ1) is 9.36. The van der Waals surface area contributed by atoms with E-state index in [1.807, 2.05) is 0 Å². The minimum Gasteiger partial charge on any atom is -0.491 e. The number of hydrogen-bond donors (Lipinski definition) is 0. The van der Waals surface area contributed by atoms with Crippen molar-refractivity contribution in [2.75, 3.05) is 33.0 Å².